The summed E-state index contributed by atoms with van der Waals surface area (Å²) in [7, 11) is 1.24. The summed E-state index contributed by atoms with van der Waals surface area (Å²) in [5.74, 6) is -3.16. The molecule has 2 amide bonds. The van der Waals surface area contributed by atoms with Crippen molar-refractivity contribution in [1.29, 1.82) is 0 Å². The Bertz CT molecular complexity index is 1600. The second-order valence-corrected chi connectivity index (χ2v) is 10.7. The van der Waals surface area contributed by atoms with Crippen molar-refractivity contribution in [3.63, 3.8) is 0 Å². The molecule has 1 aliphatic rings. The van der Waals surface area contributed by atoms with E-state index in [2.05, 4.69) is 42.5 Å². The van der Waals surface area contributed by atoms with Gasteiger partial charge in [0.25, 0.3) is 5.91 Å². The second-order valence-electron chi connectivity index (χ2n) is 10.7. The van der Waals surface area contributed by atoms with Crippen LogP contribution in [0.4, 0.5) is 48.3 Å². The Kier molecular flexibility index (Phi) is 13.3. The maximum absolute atomic E-state index is 14.0. The molecule has 18 heteroatoms. The number of carbonyl (C=O) groups is 3. The minimum Gasteiger partial charge on any atom is -0.475 e. The molecule has 0 radical (unpaired) electrons. The van der Waals surface area contributed by atoms with Crippen LogP contribution in [0.2, 0.25) is 0 Å². The number of benzene rings is 2. The first kappa shape index (κ1) is 38.5. The number of amides is 2. The molecule has 4 N–H and O–H groups in total. The molecule has 4 rings (SSSR count). The Labute approximate surface area is 277 Å². The molecule has 2 heterocycles. The standard InChI is InChI=1S/C29H34F3N7O3.C2HF3O2/c1-4-38-9-11-39(12-10-38)18-21-7-6-20(13-24(21)29(30,31)32)27(40)36-22-8-5-19(2)25(14-22)34-15-23-16-35-26(17-33-23)37-28(41)42-3;3-2(4,5)1(6)7/h5-8,13-14,16-17,34H,4,9-12,15,18H2,1-3H3,(H,36,40)(H,35,37,41);(H,6,7). The van der Waals surface area contributed by atoms with Crippen LogP contribution in [0, 0.1) is 6.92 Å². The van der Waals surface area contributed by atoms with Crippen LogP contribution < -0.4 is 16.0 Å². The van der Waals surface area contributed by atoms with Gasteiger partial charge >= 0.3 is 24.4 Å². The molecule has 49 heavy (non-hydrogen) atoms. The van der Waals surface area contributed by atoms with Crippen LogP contribution in [0.25, 0.3) is 0 Å². The van der Waals surface area contributed by atoms with E-state index in [9.17, 15) is 35.9 Å². The normalized spacial score (nSPS) is 13.9. The van der Waals surface area contributed by atoms with Crippen molar-refractivity contribution in [2.75, 3.05) is 55.8 Å². The average Bonchev–Trinajstić information content (AvgIpc) is 3.05. The summed E-state index contributed by atoms with van der Waals surface area (Å²) in [6.07, 6.45) is -7.44. The predicted octanol–water partition coefficient (Wildman–Crippen LogP) is 5.62. The van der Waals surface area contributed by atoms with Gasteiger partial charge in [-0.25, -0.2) is 14.6 Å². The van der Waals surface area contributed by atoms with Crippen LogP contribution in [0.15, 0.2) is 48.8 Å². The first-order valence-corrected chi connectivity index (χ1v) is 14.8. The van der Waals surface area contributed by atoms with Crippen molar-refractivity contribution in [3.05, 3.63) is 76.7 Å². The van der Waals surface area contributed by atoms with Crippen LogP contribution in [0.5, 0.6) is 0 Å². The predicted molar refractivity (Wildman–Crippen MR) is 167 cm³/mol. The van der Waals surface area contributed by atoms with E-state index < -0.39 is 35.9 Å². The van der Waals surface area contributed by atoms with Crippen molar-refractivity contribution in [2.24, 2.45) is 0 Å². The van der Waals surface area contributed by atoms with E-state index in [0.717, 1.165) is 31.3 Å². The molecule has 2 aromatic carbocycles. The second kappa shape index (κ2) is 16.9. The lowest BCUT2D eigenvalue weighted by atomic mass is 10.0. The van der Waals surface area contributed by atoms with Crippen molar-refractivity contribution in [2.45, 2.75) is 39.3 Å². The zero-order valence-corrected chi connectivity index (χ0v) is 26.7. The third-order valence-electron chi connectivity index (χ3n) is 7.30. The molecular weight excluding hydrogens is 664 g/mol. The number of aliphatic carboxylic acids is 1. The van der Waals surface area contributed by atoms with Gasteiger partial charge in [0.2, 0.25) is 0 Å². The molecule has 0 aliphatic carbocycles. The van der Waals surface area contributed by atoms with Crippen molar-refractivity contribution in [1.82, 2.24) is 19.8 Å². The van der Waals surface area contributed by atoms with Crippen LogP contribution in [0.1, 0.15) is 39.7 Å². The van der Waals surface area contributed by atoms with Crippen LogP contribution >= 0.6 is 0 Å². The van der Waals surface area contributed by atoms with Crippen molar-refractivity contribution >= 4 is 35.2 Å². The molecule has 0 bridgehead atoms. The molecule has 1 aromatic heterocycles. The summed E-state index contributed by atoms with van der Waals surface area (Å²) in [5, 5.41) is 15.5. The van der Waals surface area contributed by atoms with Crippen LogP contribution in [-0.2, 0) is 28.8 Å². The summed E-state index contributed by atoms with van der Waals surface area (Å²) in [5.41, 5.74) is 1.87. The van der Waals surface area contributed by atoms with E-state index >= 15 is 0 Å². The Balaban J connectivity index is 0.000000838. The Morgan fingerprint density at radius 1 is 0.918 bits per heavy atom. The summed E-state index contributed by atoms with van der Waals surface area (Å²) in [6, 6.07) is 8.93. The molecular formula is C31H35F6N7O5. The Morgan fingerprint density at radius 2 is 1.57 bits per heavy atom. The number of likely N-dealkylation sites (N-methyl/N-ethyl adjacent to an activating group) is 1. The van der Waals surface area contributed by atoms with Gasteiger partial charge in [0.1, 0.15) is 0 Å². The number of halogens is 6. The first-order chi connectivity index (χ1) is 23.0. The monoisotopic (exact) mass is 699 g/mol. The maximum atomic E-state index is 14.0. The lowest BCUT2D eigenvalue weighted by molar-refractivity contribution is -0.192. The summed E-state index contributed by atoms with van der Waals surface area (Å²) in [4.78, 5) is 45.8. The molecule has 1 saturated heterocycles. The number of rotatable bonds is 9. The number of nitrogens with one attached hydrogen (secondary N) is 3. The number of ether oxygens (including phenoxy) is 1. The van der Waals surface area contributed by atoms with Crippen LogP contribution in [-0.4, -0.2) is 88.9 Å². The van der Waals surface area contributed by atoms with E-state index in [1.165, 1.54) is 31.6 Å². The highest BCUT2D eigenvalue weighted by Crippen LogP contribution is 2.34. The summed E-state index contributed by atoms with van der Waals surface area (Å²) < 4.78 is 78.3. The molecule has 0 saturated carbocycles. The topological polar surface area (TPSA) is 149 Å². The highest BCUT2D eigenvalue weighted by atomic mass is 19.4. The zero-order valence-electron chi connectivity index (χ0n) is 26.7. The quantitative estimate of drug-likeness (QED) is 0.208. The minimum absolute atomic E-state index is 0.0760. The number of carbonyl (C=O) groups excluding carboxylic acids is 2. The molecule has 0 atom stereocenters. The lowest BCUT2D eigenvalue weighted by Gasteiger charge is -2.34. The average molecular weight is 700 g/mol. The molecule has 0 spiro atoms. The number of aryl methyl sites for hydroxylation is 1. The molecule has 266 valence electrons. The molecule has 1 aliphatic heterocycles. The Morgan fingerprint density at radius 3 is 2.12 bits per heavy atom. The fourth-order valence-corrected chi connectivity index (χ4v) is 4.57. The SMILES string of the molecule is CCN1CCN(Cc2ccc(C(=O)Nc3ccc(C)c(NCc4cnc(NC(=O)OC)cn4)c3)cc2C(F)(F)F)CC1.O=C(O)C(F)(F)F. The number of nitrogens with zero attached hydrogens (tertiary/aromatic N) is 4. The largest absolute Gasteiger partial charge is 0.490 e. The van der Waals surface area contributed by atoms with E-state index in [4.69, 9.17) is 9.90 Å². The van der Waals surface area contributed by atoms with Gasteiger partial charge in [0, 0.05) is 49.7 Å². The summed E-state index contributed by atoms with van der Waals surface area (Å²) in [6.45, 7) is 8.37. The highest BCUT2D eigenvalue weighted by molar-refractivity contribution is 6.04. The van der Waals surface area contributed by atoms with Gasteiger partial charge in [0.05, 0.1) is 37.3 Å². The van der Waals surface area contributed by atoms with Crippen molar-refractivity contribution in [3.8, 4) is 0 Å². The molecule has 0 unspecified atom stereocenters. The number of methoxy groups -OCH3 is 1. The van der Waals surface area contributed by atoms with Gasteiger partial charge in [0.15, 0.2) is 5.82 Å². The number of carboxylic acids is 1. The number of hydrogen-bond acceptors (Lipinski definition) is 9. The third kappa shape index (κ3) is 11.9. The number of piperazine rings is 1. The number of aromatic nitrogens is 2. The molecule has 1 fully saturated rings. The van der Waals surface area contributed by atoms with Gasteiger partial charge in [-0.05, 0) is 48.9 Å². The van der Waals surface area contributed by atoms with Gasteiger partial charge in [-0.1, -0.05) is 19.1 Å². The van der Waals surface area contributed by atoms with E-state index in [-0.39, 0.29) is 23.5 Å². The molecule has 12 nitrogen and oxygen atoms in total. The highest BCUT2D eigenvalue weighted by Gasteiger charge is 2.38. The fourth-order valence-electron chi connectivity index (χ4n) is 4.57. The zero-order chi connectivity index (χ0) is 36.4. The molecule has 3 aromatic rings. The van der Waals surface area contributed by atoms with Gasteiger partial charge in [-0.2, -0.15) is 26.3 Å². The Hall–Kier alpha value is -4.97. The smallest absolute Gasteiger partial charge is 0.475 e. The van der Waals surface area contributed by atoms with E-state index in [1.807, 2.05) is 11.8 Å². The fraction of sp³-hybridized carbons (Fsp3) is 0.387. The maximum Gasteiger partial charge on any atom is 0.490 e. The minimum atomic E-state index is -5.08. The number of alkyl halides is 6. The van der Waals surface area contributed by atoms with E-state index in [0.29, 0.717) is 36.7 Å². The summed E-state index contributed by atoms with van der Waals surface area (Å²) >= 11 is 0. The van der Waals surface area contributed by atoms with Gasteiger partial charge in [-0.15, -0.1) is 0 Å². The van der Waals surface area contributed by atoms with Gasteiger partial charge in [-0.3, -0.25) is 20.0 Å². The first-order valence-electron chi connectivity index (χ1n) is 14.8. The third-order valence-corrected chi connectivity index (χ3v) is 7.30. The van der Waals surface area contributed by atoms with Crippen molar-refractivity contribution < 1.29 is 50.6 Å². The lowest BCUT2D eigenvalue weighted by Crippen LogP contribution is -2.45. The number of carboxylic acid groups (broad SMARTS) is 1. The number of anilines is 3. The number of hydrogen-bond donors (Lipinski definition) is 4. The van der Waals surface area contributed by atoms with E-state index in [1.54, 1.807) is 18.2 Å². The van der Waals surface area contributed by atoms with Crippen LogP contribution in [0.3, 0.4) is 0 Å². The van der Waals surface area contributed by atoms with Gasteiger partial charge < -0.3 is 25.4 Å².